The normalized spacial score (nSPS) is 10.6. The van der Waals surface area contributed by atoms with Gasteiger partial charge in [-0.2, -0.15) is 0 Å². The molecule has 0 unspecified atom stereocenters. The van der Waals surface area contributed by atoms with E-state index in [0.29, 0.717) is 20.6 Å². The first-order valence-corrected chi connectivity index (χ1v) is 14.1. The fraction of sp³-hybridized carbons (Fsp3) is 0. The molecule has 14 heavy (non-hydrogen) atoms. The third-order valence-electron chi connectivity index (χ3n) is 1.88. The summed E-state index contributed by atoms with van der Waals surface area (Å²) in [5, 5.41) is 1.17. The number of nitrogens with zero attached hydrogens (tertiary/aromatic N) is 2. The van der Waals surface area contributed by atoms with Gasteiger partial charge >= 0.3 is 113 Å². The van der Waals surface area contributed by atoms with Crippen molar-refractivity contribution in [3.63, 3.8) is 0 Å². The first-order valence-electron chi connectivity index (χ1n) is 3.69. The topological polar surface area (TPSA) is 17.8 Å². The molecule has 0 N–H and O–H groups in total. The maximum atomic E-state index is 5.99. The van der Waals surface area contributed by atoms with Crippen molar-refractivity contribution in [3.05, 3.63) is 27.5 Å². The summed E-state index contributed by atoms with van der Waals surface area (Å²) in [6.07, 6.45) is 1.69. The number of aromatic nitrogens is 2. The van der Waals surface area contributed by atoms with Crippen LogP contribution < -0.4 is 0 Å². The van der Waals surface area contributed by atoms with Gasteiger partial charge < -0.3 is 0 Å². The van der Waals surface area contributed by atoms with Crippen LogP contribution in [0.25, 0.3) is 11.0 Å². The molecule has 7 heteroatoms. The monoisotopic (exact) mass is 456 g/mol. The maximum absolute atomic E-state index is 5.99. The van der Waals surface area contributed by atoms with E-state index in [1.54, 1.807) is 12.4 Å². The molecule has 0 aliphatic carbocycles. The first-order chi connectivity index (χ1) is 6.65. The second-order valence-electron chi connectivity index (χ2n) is 2.69. The molecule has 1 aromatic carbocycles. The molecule has 1 aromatic heterocycles. The van der Waals surface area contributed by atoms with Crippen LogP contribution in [-0.4, -0.2) is 7.32 Å². The van der Waals surface area contributed by atoms with Crippen LogP contribution in [0.3, 0.4) is 0 Å². The predicted octanol–water partition coefficient (Wildman–Crippen LogP) is 4.00. The zero-order valence-electron chi connectivity index (χ0n) is 6.77. The Hall–Kier alpha value is 0.785. The molecule has 0 atom stereocenters. The number of rotatable bonds is 1. The SMILES string of the molecule is [Cl][Hg][n]1cnc2c(Cl)c(Cl)c(Cl)cc21. The van der Waals surface area contributed by atoms with Gasteiger partial charge in [-0.25, -0.2) is 0 Å². The van der Waals surface area contributed by atoms with Crippen LogP contribution in [0.1, 0.15) is 0 Å². The number of imidazole rings is 1. The summed E-state index contributed by atoms with van der Waals surface area (Å²) in [4.78, 5) is 4.15. The van der Waals surface area contributed by atoms with E-state index in [2.05, 4.69) is 4.98 Å². The molecule has 1 heterocycles. The average Bonchev–Trinajstić information content (AvgIpc) is 2.57. The Bertz CT molecular complexity index is 496. The van der Waals surface area contributed by atoms with Gasteiger partial charge in [-0.1, -0.05) is 0 Å². The van der Waals surface area contributed by atoms with Gasteiger partial charge in [-0.05, 0) is 0 Å². The summed E-state index contributed by atoms with van der Waals surface area (Å²) in [5.74, 6) is 0. The van der Waals surface area contributed by atoms with Crippen molar-refractivity contribution >= 4 is 54.1 Å². The Morgan fingerprint density at radius 1 is 1.21 bits per heavy atom. The van der Waals surface area contributed by atoms with E-state index in [9.17, 15) is 0 Å². The van der Waals surface area contributed by atoms with E-state index in [-0.39, 0.29) is 0 Å². The summed E-state index contributed by atoms with van der Waals surface area (Å²) in [7, 11) is 5.92. The molecule has 0 fully saturated rings. The average molecular weight is 457 g/mol. The number of benzene rings is 1. The van der Waals surface area contributed by atoms with Crippen molar-refractivity contribution in [2.45, 2.75) is 0 Å². The van der Waals surface area contributed by atoms with Gasteiger partial charge in [0.1, 0.15) is 0 Å². The molecule has 2 rings (SSSR count). The number of hydrogen-bond acceptors (Lipinski definition) is 1. The van der Waals surface area contributed by atoms with E-state index in [1.807, 2.05) is 2.33 Å². The number of halogens is 4. The molecule has 0 saturated carbocycles. The fourth-order valence-electron chi connectivity index (χ4n) is 1.20. The van der Waals surface area contributed by atoms with Crippen LogP contribution in [0.5, 0.6) is 0 Å². The Kier molecular flexibility index (Phi) is 3.50. The summed E-state index contributed by atoms with van der Waals surface area (Å²) < 4.78 is 1.95. The molecule has 0 radical (unpaired) electrons. The molecule has 0 spiro atoms. The van der Waals surface area contributed by atoms with Gasteiger partial charge in [0, 0.05) is 0 Å². The van der Waals surface area contributed by atoms with Gasteiger partial charge in [-0.15, -0.1) is 0 Å². The Morgan fingerprint density at radius 2 is 1.93 bits per heavy atom. The minimum atomic E-state index is -1.56. The Balaban J connectivity index is 2.86. The quantitative estimate of drug-likeness (QED) is 0.469. The van der Waals surface area contributed by atoms with Gasteiger partial charge in [0.05, 0.1) is 0 Å². The third-order valence-corrected chi connectivity index (χ3v) is 8.35. The predicted molar refractivity (Wildman–Crippen MR) is 56.0 cm³/mol. The molecule has 0 aliphatic rings. The minimum absolute atomic E-state index is 0.345. The summed E-state index contributed by atoms with van der Waals surface area (Å²) >= 11 is 16.2. The van der Waals surface area contributed by atoms with Gasteiger partial charge in [0.15, 0.2) is 0 Å². The molecule has 2 aromatic rings. The van der Waals surface area contributed by atoms with Crippen LogP contribution in [-0.2, 0) is 23.6 Å². The standard InChI is InChI=1S/C7H2Cl3N2.ClH.Hg/c8-3-1-4-7(12-2-11-4)6(10)5(3)9;;/h1-2H;1H;/q-1;;+2/p-1. The zero-order valence-corrected chi connectivity index (χ0v) is 15.3. The first kappa shape index (κ1) is 11.3. The number of fused-ring (bicyclic) bond motifs is 1. The molecule has 2 nitrogen and oxygen atoms in total. The van der Waals surface area contributed by atoms with Crippen molar-refractivity contribution in [2.24, 2.45) is 0 Å². The van der Waals surface area contributed by atoms with E-state index >= 15 is 0 Å². The molecule has 0 bridgehead atoms. The van der Waals surface area contributed by atoms with E-state index in [1.165, 1.54) is 0 Å². The second-order valence-corrected chi connectivity index (χ2v) is 9.53. The van der Waals surface area contributed by atoms with Crippen molar-refractivity contribution in [1.29, 1.82) is 0 Å². The molecular formula is C7H2Cl4HgN2. The van der Waals surface area contributed by atoms with Crippen LogP contribution >= 0.6 is 43.1 Å². The van der Waals surface area contributed by atoms with E-state index in [4.69, 9.17) is 43.1 Å². The van der Waals surface area contributed by atoms with Crippen LogP contribution in [0, 0.1) is 0 Å². The van der Waals surface area contributed by atoms with Crippen molar-refractivity contribution in [1.82, 2.24) is 7.32 Å². The van der Waals surface area contributed by atoms with Crippen LogP contribution in [0.4, 0.5) is 0 Å². The third kappa shape index (κ3) is 1.76. The summed E-state index contributed by atoms with van der Waals surface area (Å²) in [6.45, 7) is 0. The number of hydrogen-bond donors (Lipinski definition) is 0. The second kappa shape index (κ2) is 4.34. The Labute approximate surface area is 111 Å². The van der Waals surface area contributed by atoms with Gasteiger partial charge in [0.25, 0.3) is 0 Å². The van der Waals surface area contributed by atoms with Crippen molar-refractivity contribution < 1.29 is 23.6 Å². The van der Waals surface area contributed by atoms with Crippen LogP contribution in [0.15, 0.2) is 12.4 Å². The fourth-order valence-corrected chi connectivity index (χ4v) is 5.50. The van der Waals surface area contributed by atoms with Crippen molar-refractivity contribution in [3.8, 4) is 0 Å². The Morgan fingerprint density at radius 3 is 2.57 bits per heavy atom. The molecule has 0 aliphatic heterocycles. The van der Waals surface area contributed by atoms with Crippen LogP contribution in [0.2, 0.25) is 15.1 Å². The molecule has 0 amide bonds. The van der Waals surface area contributed by atoms with Crippen molar-refractivity contribution in [2.75, 3.05) is 0 Å². The van der Waals surface area contributed by atoms with Gasteiger partial charge in [-0.3, -0.25) is 0 Å². The summed E-state index contributed by atoms with van der Waals surface area (Å²) in [5.41, 5.74) is 1.54. The summed E-state index contributed by atoms with van der Waals surface area (Å²) in [6, 6.07) is 1.75. The molecule has 70 valence electrons. The van der Waals surface area contributed by atoms with E-state index in [0.717, 1.165) is 5.52 Å². The van der Waals surface area contributed by atoms with Gasteiger partial charge in [0.2, 0.25) is 0 Å². The molecule has 0 saturated heterocycles. The molecular weight excluding hydrogens is 454 g/mol. The van der Waals surface area contributed by atoms with E-state index < -0.39 is 23.6 Å². The zero-order chi connectivity index (χ0) is 10.3.